The molecule has 0 saturated carbocycles. The third-order valence-corrected chi connectivity index (χ3v) is 2.67. The van der Waals surface area contributed by atoms with Crippen LogP contribution in [0.1, 0.15) is 0 Å². The van der Waals surface area contributed by atoms with E-state index in [1.165, 1.54) is 14.2 Å². The Morgan fingerprint density at radius 2 is 1.81 bits per heavy atom. The molecule has 1 unspecified atom stereocenters. The van der Waals surface area contributed by atoms with Crippen molar-refractivity contribution in [3.63, 3.8) is 0 Å². The van der Waals surface area contributed by atoms with Crippen LogP contribution in [-0.2, 0) is 23.7 Å². The second-order valence-corrected chi connectivity index (χ2v) is 3.75. The molecule has 0 aromatic rings. The van der Waals surface area contributed by atoms with E-state index < -0.39 is 11.9 Å². The van der Waals surface area contributed by atoms with Gasteiger partial charge in [-0.15, -0.1) is 0 Å². The van der Waals surface area contributed by atoms with E-state index in [2.05, 4.69) is 0 Å². The number of ether oxygens (including phenoxy) is 5. The van der Waals surface area contributed by atoms with E-state index in [-0.39, 0.29) is 18.8 Å². The molecule has 1 N–H and O–H groups in total. The number of aliphatic hydroxyl groups is 1. The summed E-state index contributed by atoms with van der Waals surface area (Å²) in [4.78, 5) is 0. The van der Waals surface area contributed by atoms with Crippen LogP contribution in [0.3, 0.4) is 0 Å². The molecule has 4 atom stereocenters. The van der Waals surface area contributed by atoms with E-state index in [0.29, 0.717) is 6.61 Å². The van der Waals surface area contributed by atoms with Crippen LogP contribution < -0.4 is 0 Å². The quantitative estimate of drug-likeness (QED) is 0.664. The van der Waals surface area contributed by atoms with Gasteiger partial charge in [-0.25, -0.2) is 0 Å². The van der Waals surface area contributed by atoms with E-state index in [4.69, 9.17) is 23.7 Å². The molecule has 1 aliphatic rings. The van der Waals surface area contributed by atoms with Gasteiger partial charge in [0.2, 0.25) is 5.79 Å². The molecule has 0 radical (unpaired) electrons. The summed E-state index contributed by atoms with van der Waals surface area (Å²) in [6, 6.07) is 0. The summed E-state index contributed by atoms with van der Waals surface area (Å²) in [5.74, 6) is -1.49. The molecule has 1 fully saturated rings. The number of hydrogen-bond donors (Lipinski definition) is 1. The lowest BCUT2D eigenvalue weighted by atomic mass is 10.1. The Hall–Kier alpha value is -0.240. The summed E-state index contributed by atoms with van der Waals surface area (Å²) in [6.07, 6.45) is -1.36. The lowest BCUT2D eigenvalue weighted by Gasteiger charge is -2.27. The van der Waals surface area contributed by atoms with Crippen LogP contribution in [0.15, 0.2) is 0 Å². The number of methoxy groups -OCH3 is 4. The smallest absolute Gasteiger partial charge is 0.219 e. The van der Waals surface area contributed by atoms with Gasteiger partial charge in [0.1, 0.15) is 24.9 Å². The van der Waals surface area contributed by atoms with Crippen molar-refractivity contribution in [2.75, 3.05) is 41.7 Å². The van der Waals surface area contributed by atoms with E-state index in [9.17, 15) is 5.11 Å². The topological polar surface area (TPSA) is 66.4 Å². The molecule has 0 aromatic carbocycles. The Balaban J connectivity index is 2.80. The minimum absolute atomic E-state index is 0.0194. The standard InChI is InChI=1S/C10H20O6/c1-12-5-7-8(14-3)9(15-4)10(11,16-7)6-13-2/h7-9,11H,5-6H2,1-4H3/t7-,8?,9-,10-/m1/s1. The van der Waals surface area contributed by atoms with E-state index >= 15 is 0 Å². The SMILES string of the molecule is COC[C@H]1O[C@](O)(COC)[C@H](OC)C1OC. The van der Waals surface area contributed by atoms with E-state index in [1.54, 1.807) is 14.2 Å². The fraction of sp³-hybridized carbons (Fsp3) is 1.00. The fourth-order valence-corrected chi connectivity index (χ4v) is 2.06. The minimum atomic E-state index is -1.49. The Morgan fingerprint density at radius 3 is 2.25 bits per heavy atom. The molecule has 0 aliphatic carbocycles. The summed E-state index contributed by atoms with van der Waals surface area (Å²) in [7, 11) is 6.09. The first-order chi connectivity index (χ1) is 7.62. The molecule has 0 bridgehead atoms. The lowest BCUT2D eigenvalue weighted by Crippen LogP contribution is -2.48. The van der Waals surface area contributed by atoms with Gasteiger partial charge in [-0.1, -0.05) is 0 Å². The second-order valence-electron chi connectivity index (χ2n) is 3.75. The maximum atomic E-state index is 10.2. The zero-order valence-electron chi connectivity index (χ0n) is 10.1. The zero-order chi connectivity index (χ0) is 12.2. The van der Waals surface area contributed by atoms with Crippen LogP contribution in [0.2, 0.25) is 0 Å². The van der Waals surface area contributed by atoms with Crippen molar-refractivity contribution in [3.8, 4) is 0 Å². The predicted octanol–water partition coefficient (Wildman–Crippen LogP) is -0.603. The Bertz CT molecular complexity index is 211. The maximum absolute atomic E-state index is 10.2. The summed E-state index contributed by atoms with van der Waals surface area (Å²) in [5.41, 5.74) is 0. The van der Waals surface area contributed by atoms with E-state index in [0.717, 1.165) is 0 Å². The van der Waals surface area contributed by atoms with Crippen molar-refractivity contribution in [2.45, 2.75) is 24.1 Å². The molecule has 16 heavy (non-hydrogen) atoms. The van der Waals surface area contributed by atoms with Gasteiger partial charge in [0, 0.05) is 28.4 Å². The molecular formula is C10H20O6. The summed E-state index contributed by atoms with van der Waals surface area (Å²) < 4.78 is 25.9. The zero-order valence-corrected chi connectivity index (χ0v) is 10.1. The molecule has 0 amide bonds. The first-order valence-corrected chi connectivity index (χ1v) is 5.06. The highest BCUT2D eigenvalue weighted by molar-refractivity contribution is 4.97. The van der Waals surface area contributed by atoms with Crippen molar-refractivity contribution < 1.29 is 28.8 Å². The maximum Gasteiger partial charge on any atom is 0.219 e. The van der Waals surface area contributed by atoms with Gasteiger partial charge in [0.05, 0.1) is 6.61 Å². The van der Waals surface area contributed by atoms with Crippen LogP contribution >= 0.6 is 0 Å². The van der Waals surface area contributed by atoms with Crippen LogP contribution in [0, 0.1) is 0 Å². The molecule has 6 nitrogen and oxygen atoms in total. The highest BCUT2D eigenvalue weighted by atomic mass is 16.7. The van der Waals surface area contributed by atoms with Crippen LogP contribution in [0.4, 0.5) is 0 Å². The molecule has 1 rings (SSSR count). The average molecular weight is 236 g/mol. The van der Waals surface area contributed by atoms with Gasteiger partial charge < -0.3 is 28.8 Å². The van der Waals surface area contributed by atoms with Crippen LogP contribution in [0.5, 0.6) is 0 Å². The van der Waals surface area contributed by atoms with Crippen molar-refractivity contribution in [1.82, 2.24) is 0 Å². The summed E-state index contributed by atoms with van der Waals surface area (Å²) >= 11 is 0. The third kappa shape index (κ3) is 2.53. The molecule has 6 heteroatoms. The van der Waals surface area contributed by atoms with Crippen molar-refractivity contribution in [3.05, 3.63) is 0 Å². The number of hydrogen-bond acceptors (Lipinski definition) is 6. The average Bonchev–Trinajstić information content (AvgIpc) is 2.51. The van der Waals surface area contributed by atoms with Crippen LogP contribution in [0.25, 0.3) is 0 Å². The monoisotopic (exact) mass is 236 g/mol. The molecule has 1 heterocycles. The molecule has 1 saturated heterocycles. The second kappa shape index (κ2) is 5.90. The van der Waals surface area contributed by atoms with Gasteiger partial charge in [0.15, 0.2) is 0 Å². The molecule has 1 aliphatic heterocycles. The van der Waals surface area contributed by atoms with Gasteiger partial charge >= 0.3 is 0 Å². The Labute approximate surface area is 95.4 Å². The minimum Gasteiger partial charge on any atom is -0.382 e. The first-order valence-electron chi connectivity index (χ1n) is 5.06. The van der Waals surface area contributed by atoms with Gasteiger partial charge in [-0.2, -0.15) is 0 Å². The highest BCUT2D eigenvalue weighted by Gasteiger charge is 2.55. The van der Waals surface area contributed by atoms with Gasteiger partial charge in [-0.3, -0.25) is 0 Å². The first kappa shape index (κ1) is 13.8. The molecule has 0 aromatic heterocycles. The Kier molecular flexibility index (Phi) is 5.10. The largest absolute Gasteiger partial charge is 0.382 e. The molecular weight excluding hydrogens is 216 g/mol. The van der Waals surface area contributed by atoms with Crippen molar-refractivity contribution >= 4 is 0 Å². The van der Waals surface area contributed by atoms with Crippen molar-refractivity contribution in [1.29, 1.82) is 0 Å². The van der Waals surface area contributed by atoms with Gasteiger partial charge in [-0.05, 0) is 0 Å². The van der Waals surface area contributed by atoms with Gasteiger partial charge in [0.25, 0.3) is 0 Å². The van der Waals surface area contributed by atoms with Crippen LogP contribution in [-0.4, -0.2) is 70.9 Å². The predicted molar refractivity (Wildman–Crippen MR) is 55.2 cm³/mol. The summed E-state index contributed by atoms with van der Waals surface area (Å²) in [6.45, 7) is 0.343. The number of rotatable bonds is 6. The normalized spacial score (nSPS) is 39.2. The summed E-state index contributed by atoms with van der Waals surface area (Å²) in [5, 5.41) is 10.2. The molecule has 96 valence electrons. The van der Waals surface area contributed by atoms with Crippen molar-refractivity contribution in [2.24, 2.45) is 0 Å². The Morgan fingerprint density at radius 1 is 1.12 bits per heavy atom. The third-order valence-electron chi connectivity index (χ3n) is 2.67. The fourth-order valence-electron chi connectivity index (χ4n) is 2.06. The molecule has 0 spiro atoms. The highest BCUT2D eigenvalue weighted by Crippen LogP contribution is 2.33. The van der Waals surface area contributed by atoms with E-state index in [1.807, 2.05) is 0 Å². The lowest BCUT2D eigenvalue weighted by molar-refractivity contribution is -0.256.